The van der Waals surface area contributed by atoms with Crippen LogP contribution in [0.15, 0.2) is 16.6 Å². The van der Waals surface area contributed by atoms with Crippen molar-refractivity contribution in [2.45, 2.75) is 20.3 Å². The normalized spacial score (nSPS) is 10.6. The Kier molecular flexibility index (Phi) is 4.13. The van der Waals surface area contributed by atoms with E-state index in [4.69, 9.17) is 9.84 Å². The number of hydrogen-bond acceptors (Lipinski definition) is 3. The predicted octanol–water partition coefficient (Wildman–Crippen LogP) is 3.09. The minimum absolute atomic E-state index is 0.110. The van der Waals surface area contributed by atoms with E-state index in [1.54, 1.807) is 7.11 Å². The van der Waals surface area contributed by atoms with Crippen molar-refractivity contribution in [1.82, 2.24) is 10.2 Å². The lowest BCUT2D eigenvalue weighted by molar-refractivity contribution is -0.136. The molecular weight excluding hydrogens is 324 g/mol. The van der Waals surface area contributed by atoms with Crippen molar-refractivity contribution in [2.75, 3.05) is 7.11 Å². The summed E-state index contributed by atoms with van der Waals surface area (Å²) in [4.78, 5) is 10.8. The van der Waals surface area contributed by atoms with E-state index in [0.29, 0.717) is 15.9 Å². The van der Waals surface area contributed by atoms with Crippen molar-refractivity contribution in [1.29, 1.82) is 0 Å². The van der Waals surface area contributed by atoms with Crippen LogP contribution in [0.4, 0.5) is 0 Å². The monoisotopic (exact) mass is 338 g/mol. The van der Waals surface area contributed by atoms with Crippen LogP contribution in [0.5, 0.6) is 5.75 Å². The molecule has 0 aliphatic heterocycles. The first-order valence-corrected chi connectivity index (χ1v) is 6.83. The molecule has 0 fully saturated rings. The average Bonchev–Trinajstić information content (AvgIpc) is 2.69. The number of carboxylic acid groups (broad SMARTS) is 1. The van der Waals surface area contributed by atoms with E-state index in [1.807, 2.05) is 26.0 Å². The Morgan fingerprint density at radius 1 is 1.45 bits per heavy atom. The predicted molar refractivity (Wildman–Crippen MR) is 79.1 cm³/mol. The Labute approximate surface area is 125 Å². The summed E-state index contributed by atoms with van der Waals surface area (Å²) >= 11 is 3.42. The van der Waals surface area contributed by atoms with Gasteiger partial charge in [0.05, 0.1) is 23.7 Å². The Morgan fingerprint density at radius 2 is 2.15 bits per heavy atom. The molecule has 0 saturated heterocycles. The number of nitrogens with zero attached hydrogens (tertiary/aromatic N) is 1. The molecule has 1 aromatic carbocycles. The van der Waals surface area contributed by atoms with Gasteiger partial charge in [0.15, 0.2) is 0 Å². The molecule has 0 atom stereocenters. The number of carbonyl (C=O) groups is 1. The largest absolute Gasteiger partial charge is 0.496 e. The first-order valence-electron chi connectivity index (χ1n) is 6.04. The third kappa shape index (κ3) is 2.70. The fraction of sp³-hybridized carbons (Fsp3) is 0.286. The maximum atomic E-state index is 10.8. The van der Waals surface area contributed by atoms with Gasteiger partial charge in [0.2, 0.25) is 0 Å². The molecule has 0 bridgehead atoms. The van der Waals surface area contributed by atoms with Crippen molar-refractivity contribution in [3.8, 4) is 17.0 Å². The van der Waals surface area contributed by atoms with Crippen molar-refractivity contribution in [3.05, 3.63) is 33.4 Å². The third-order valence-corrected chi connectivity index (χ3v) is 3.84. The molecule has 0 aliphatic carbocycles. The quantitative estimate of drug-likeness (QED) is 0.898. The molecular formula is C14H15BrN2O3. The molecule has 20 heavy (non-hydrogen) atoms. The van der Waals surface area contributed by atoms with Crippen molar-refractivity contribution in [3.63, 3.8) is 0 Å². The zero-order chi connectivity index (χ0) is 14.9. The van der Waals surface area contributed by atoms with Gasteiger partial charge in [-0.1, -0.05) is 6.07 Å². The number of benzene rings is 1. The standard InChI is InChI=1S/C14H15BrN2O3/c1-7-4-8(2)14(20-3)9(5-7)13-12(15)10(16-17-13)6-11(18)19/h4-5H,6H2,1-3H3,(H,16,17)(H,18,19). The summed E-state index contributed by atoms with van der Waals surface area (Å²) in [6.07, 6.45) is -0.110. The highest BCUT2D eigenvalue weighted by Crippen LogP contribution is 2.37. The van der Waals surface area contributed by atoms with Crippen LogP contribution in [-0.2, 0) is 11.2 Å². The number of aliphatic carboxylic acids is 1. The van der Waals surface area contributed by atoms with Gasteiger partial charge in [0.1, 0.15) is 11.4 Å². The number of aryl methyl sites for hydroxylation is 2. The number of ether oxygens (including phenoxy) is 1. The second-order valence-electron chi connectivity index (χ2n) is 4.60. The highest BCUT2D eigenvalue weighted by atomic mass is 79.9. The summed E-state index contributed by atoms with van der Waals surface area (Å²) in [5, 5.41) is 15.8. The lowest BCUT2D eigenvalue weighted by atomic mass is 10.0. The van der Waals surface area contributed by atoms with Crippen LogP contribution in [0.2, 0.25) is 0 Å². The average molecular weight is 339 g/mol. The van der Waals surface area contributed by atoms with Gasteiger partial charge in [0.25, 0.3) is 0 Å². The maximum Gasteiger partial charge on any atom is 0.309 e. The molecule has 2 rings (SSSR count). The smallest absolute Gasteiger partial charge is 0.309 e. The summed E-state index contributed by atoms with van der Waals surface area (Å²) in [5.41, 5.74) is 4.13. The Morgan fingerprint density at radius 3 is 2.75 bits per heavy atom. The molecule has 2 aromatic rings. The van der Waals surface area contributed by atoms with E-state index in [9.17, 15) is 4.79 Å². The summed E-state index contributed by atoms with van der Waals surface area (Å²) in [6.45, 7) is 3.96. The van der Waals surface area contributed by atoms with Crippen LogP contribution in [0.25, 0.3) is 11.3 Å². The SMILES string of the molecule is COc1c(C)cc(C)cc1-c1n[nH]c(CC(=O)O)c1Br. The molecule has 0 amide bonds. The zero-order valence-electron chi connectivity index (χ0n) is 11.5. The number of aromatic amines is 1. The van der Waals surface area contributed by atoms with Crippen LogP contribution >= 0.6 is 15.9 Å². The van der Waals surface area contributed by atoms with E-state index < -0.39 is 5.97 Å². The van der Waals surface area contributed by atoms with Gasteiger partial charge >= 0.3 is 5.97 Å². The van der Waals surface area contributed by atoms with E-state index in [0.717, 1.165) is 22.4 Å². The number of nitrogens with one attached hydrogen (secondary N) is 1. The van der Waals surface area contributed by atoms with E-state index in [1.165, 1.54) is 0 Å². The van der Waals surface area contributed by atoms with E-state index in [2.05, 4.69) is 26.1 Å². The number of hydrogen-bond donors (Lipinski definition) is 2. The first-order chi connectivity index (χ1) is 9.43. The summed E-state index contributed by atoms with van der Waals surface area (Å²) in [7, 11) is 1.61. The van der Waals surface area contributed by atoms with Gasteiger partial charge in [-0.15, -0.1) is 0 Å². The van der Waals surface area contributed by atoms with E-state index >= 15 is 0 Å². The van der Waals surface area contributed by atoms with Gasteiger partial charge in [-0.25, -0.2) is 0 Å². The highest BCUT2D eigenvalue weighted by molar-refractivity contribution is 9.10. The topological polar surface area (TPSA) is 75.2 Å². The maximum absolute atomic E-state index is 10.8. The van der Waals surface area contributed by atoms with Crippen LogP contribution in [0.1, 0.15) is 16.8 Å². The molecule has 0 aliphatic rings. The Hall–Kier alpha value is -1.82. The minimum Gasteiger partial charge on any atom is -0.496 e. The summed E-state index contributed by atoms with van der Waals surface area (Å²) in [5.74, 6) is -0.169. The van der Waals surface area contributed by atoms with Gasteiger partial charge in [0, 0.05) is 5.56 Å². The molecule has 5 nitrogen and oxygen atoms in total. The summed E-state index contributed by atoms with van der Waals surface area (Å²) in [6, 6.07) is 4.00. The van der Waals surface area contributed by atoms with E-state index in [-0.39, 0.29) is 6.42 Å². The van der Waals surface area contributed by atoms with Gasteiger partial charge in [-0.2, -0.15) is 5.10 Å². The van der Waals surface area contributed by atoms with Gasteiger partial charge < -0.3 is 9.84 Å². The van der Waals surface area contributed by atoms with Crippen LogP contribution < -0.4 is 4.74 Å². The lowest BCUT2D eigenvalue weighted by Crippen LogP contribution is -2.00. The van der Waals surface area contributed by atoms with Crippen LogP contribution in [0.3, 0.4) is 0 Å². The first kappa shape index (κ1) is 14.6. The number of rotatable bonds is 4. The lowest BCUT2D eigenvalue weighted by Gasteiger charge is -2.11. The molecule has 6 heteroatoms. The number of halogens is 1. The fourth-order valence-corrected chi connectivity index (χ4v) is 2.74. The third-order valence-electron chi connectivity index (χ3n) is 2.98. The summed E-state index contributed by atoms with van der Waals surface area (Å²) < 4.78 is 6.10. The van der Waals surface area contributed by atoms with Gasteiger partial charge in [-0.3, -0.25) is 9.89 Å². The number of H-pyrrole nitrogens is 1. The fourth-order valence-electron chi connectivity index (χ4n) is 2.21. The zero-order valence-corrected chi connectivity index (χ0v) is 13.0. The highest BCUT2D eigenvalue weighted by Gasteiger charge is 2.19. The Bertz CT molecular complexity index is 665. The molecule has 1 aromatic heterocycles. The molecule has 0 saturated carbocycles. The van der Waals surface area contributed by atoms with Crippen LogP contribution in [0, 0.1) is 13.8 Å². The van der Waals surface area contributed by atoms with Crippen molar-refractivity contribution in [2.24, 2.45) is 0 Å². The number of carboxylic acids is 1. The number of aromatic nitrogens is 2. The van der Waals surface area contributed by atoms with Crippen molar-refractivity contribution < 1.29 is 14.6 Å². The molecule has 0 unspecified atom stereocenters. The molecule has 0 spiro atoms. The second kappa shape index (κ2) is 5.66. The number of methoxy groups -OCH3 is 1. The van der Waals surface area contributed by atoms with Gasteiger partial charge in [-0.05, 0) is 47.0 Å². The second-order valence-corrected chi connectivity index (χ2v) is 5.39. The minimum atomic E-state index is -0.909. The molecule has 0 radical (unpaired) electrons. The Balaban J connectivity index is 2.57. The van der Waals surface area contributed by atoms with Crippen LogP contribution in [-0.4, -0.2) is 28.4 Å². The molecule has 2 N–H and O–H groups in total. The van der Waals surface area contributed by atoms with Crippen molar-refractivity contribution >= 4 is 21.9 Å². The molecule has 106 valence electrons. The molecule has 1 heterocycles.